The van der Waals surface area contributed by atoms with Crippen molar-refractivity contribution in [2.75, 3.05) is 143 Å². The van der Waals surface area contributed by atoms with Crippen molar-refractivity contribution in [3.05, 3.63) is 53.5 Å². The average molecular weight is 873 g/mol. The van der Waals surface area contributed by atoms with E-state index in [0.29, 0.717) is 17.9 Å². The molecule has 4 fully saturated rings. The van der Waals surface area contributed by atoms with E-state index in [-0.39, 0.29) is 5.91 Å². The minimum atomic E-state index is -0.0192. The molecule has 7 heterocycles. The van der Waals surface area contributed by atoms with E-state index in [2.05, 4.69) is 122 Å². The number of hydrogen-bond donors (Lipinski definition) is 1. The molecule has 0 aliphatic carbocycles. The Kier molecular flexibility index (Phi) is 20.8. The predicted molar refractivity (Wildman–Crippen MR) is 265 cm³/mol. The summed E-state index contributed by atoms with van der Waals surface area (Å²) in [4.78, 5) is 34.2. The number of methoxy groups -OCH3 is 1. The quantitative estimate of drug-likeness (QED) is 0.189. The zero-order chi connectivity index (χ0) is 45.3. The van der Waals surface area contributed by atoms with Crippen molar-refractivity contribution < 1.29 is 9.53 Å². The summed E-state index contributed by atoms with van der Waals surface area (Å²) in [5, 5.41) is 2.90. The number of piperidine rings is 2. The minimum absolute atomic E-state index is 0.0192. The van der Waals surface area contributed by atoms with Crippen LogP contribution in [0.3, 0.4) is 0 Å². The molecule has 1 amide bonds. The Balaban J connectivity index is 0.000000188. The Labute approximate surface area is 383 Å². The molecule has 63 heavy (non-hydrogen) atoms. The molecule has 2 aromatic heterocycles. The lowest BCUT2D eigenvalue weighted by Gasteiger charge is -2.39. The van der Waals surface area contributed by atoms with E-state index in [9.17, 15) is 4.79 Å². The monoisotopic (exact) mass is 873 g/mol. The van der Waals surface area contributed by atoms with Crippen LogP contribution in [0, 0.1) is 24.7 Å². The van der Waals surface area contributed by atoms with E-state index in [1.165, 1.54) is 141 Å². The fraction of sp³-hybridized carbons (Fsp3) is 0.725. The number of amides is 1. The number of carbonyl (C=O) groups excluding carboxylic acids is 1. The fourth-order valence-electron chi connectivity index (χ4n) is 10.2. The van der Waals surface area contributed by atoms with E-state index in [1.807, 2.05) is 26.1 Å². The van der Waals surface area contributed by atoms with Crippen molar-refractivity contribution in [2.45, 2.75) is 93.0 Å². The summed E-state index contributed by atoms with van der Waals surface area (Å²) in [6, 6.07) is 8.55. The number of ether oxygens (including phenoxy) is 1. The van der Waals surface area contributed by atoms with Gasteiger partial charge in [-0.3, -0.25) is 9.69 Å². The standard InChI is InChI=1S/C20H30N4O2.C19H29N5.C10H23N.C2H6/c1-22-7-9-23(10-8-22)14-15-3-5-24(6-4-15)17-11-16-13-21-20(25)19(16)18(12-17)26-2;1-16-14-20-19-18(4-3-7-24(16)19)23-12-10-22(11-13-23)15-17-5-8-21(2)9-6-17;1-5-7-10(3)9-11(4)8-6-2;1-2/h11-12,15H,3-10,13-14H2,1-2H3,(H,21,25);3-4,7,14,17H,5-6,8-13,15H2,1-2H3;10H,5-9H2,1-4H3;1-2H3. The summed E-state index contributed by atoms with van der Waals surface area (Å²) < 4.78 is 7.69. The number of pyridine rings is 1. The smallest absolute Gasteiger partial charge is 0.255 e. The highest BCUT2D eigenvalue weighted by Crippen LogP contribution is 2.34. The molecule has 4 saturated heterocycles. The van der Waals surface area contributed by atoms with Gasteiger partial charge in [0.2, 0.25) is 0 Å². The average Bonchev–Trinajstić information content (AvgIpc) is 3.88. The number of anilines is 2. The van der Waals surface area contributed by atoms with Crippen molar-refractivity contribution >= 4 is 22.9 Å². The number of imidazole rings is 1. The molecule has 354 valence electrons. The topological polar surface area (TPSA) is 78.3 Å². The molecule has 1 unspecified atom stereocenters. The number of benzene rings is 1. The van der Waals surface area contributed by atoms with Gasteiger partial charge in [-0.05, 0) is 128 Å². The molecule has 12 nitrogen and oxygen atoms in total. The molecule has 0 saturated carbocycles. The Morgan fingerprint density at radius 2 is 1.43 bits per heavy atom. The highest BCUT2D eigenvalue weighted by atomic mass is 16.5. The third-order valence-electron chi connectivity index (χ3n) is 13.9. The Morgan fingerprint density at radius 3 is 2.03 bits per heavy atom. The van der Waals surface area contributed by atoms with Gasteiger partial charge in [0.1, 0.15) is 5.75 Å². The van der Waals surface area contributed by atoms with E-state index in [1.54, 1.807) is 7.11 Å². The van der Waals surface area contributed by atoms with Gasteiger partial charge in [-0.25, -0.2) is 4.98 Å². The molecule has 8 rings (SSSR count). The van der Waals surface area contributed by atoms with Gasteiger partial charge in [0.05, 0.1) is 18.4 Å². The zero-order valence-electron chi connectivity index (χ0n) is 41.5. The van der Waals surface area contributed by atoms with E-state index < -0.39 is 0 Å². The maximum atomic E-state index is 12.0. The number of piperazine rings is 2. The van der Waals surface area contributed by atoms with Crippen LogP contribution in [0.2, 0.25) is 0 Å². The molecule has 12 heteroatoms. The van der Waals surface area contributed by atoms with Gasteiger partial charge in [-0.1, -0.05) is 41.0 Å². The first-order valence-electron chi connectivity index (χ1n) is 25.0. The zero-order valence-corrected chi connectivity index (χ0v) is 41.5. The number of fused-ring (bicyclic) bond motifs is 2. The van der Waals surface area contributed by atoms with Crippen molar-refractivity contribution in [1.29, 1.82) is 0 Å². The number of nitrogens with one attached hydrogen (secondary N) is 1. The van der Waals surface area contributed by atoms with Crippen LogP contribution in [-0.4, -0.2) is 173 Å². The number of aryl methyl sites for hydroxylation is 1. The van der Waals surface area contributed by atoms with Crippen LogP contribution in [0.4, 0.5) is 11.4 Å². The van der Waals surface area contributed by atoms with Crippen molar-refractivity contribution in [3.63, 3.8) is 0 Å². The van der Waals surface area contributed by atoms with Crippen LogP contribution in [0.25, 0.3) is 5.65 Å². The molecule has 1 N–H and O–H groups in total. The van der Waals surface area contributed by atoms with Gasteiger partial charge in [0.25, 0.3) is 5.91 Å². The lowest BCUT2D eigenvalue weighted by Crippen LogP contribution is -2.48. The van der Waals surface area contributed by atoms with E-state index in [4.69, 9.17) is 4.74 Å². The Bertz CT molecular complexity index is 1760. The molecule has 3 aromatic rings. The SMILES string of the molecule is CC.CCCC(C)CN(C)CCC.COc1cc(N2CCC(CN3CCN(C)CC3)CC2)cc2c1C(=O)NC2.Cc1cnc2c(N3CCN(CC4CCN(C)CC4)CC3)cccn12. The lowest BCUT2D eigenvalue weighted by molar-refractivity contribution is 0.0963. The largest absolute Gasteiger partial charge is 0.496 e. The van der Waals surface area contributed by atoms with Gasteiger partial charge in [-0.15, -0.1) is 0 Å². The fourth-order valence-corrected chi connectivity index (χ4v) is 10.2. The van der Waals surface area contributed by atoms with Crippen LogP contribution in [-0.2, 0) is 6.54 Å². The normalized spacial score (nSPS) is 20.0. The third-order valence-corrected chi connectivity index (χ3v) is 13.9. The molecule has 1 aromatic carbocycles. The first-order valence-corrected chi connectivity index (χ1v) is 25.0. The number of nitrogens with zero attached hydrogens (tertiary/aromatic N) is 9. The third kappa shape index (κ3) is 14.8. The van der Waals surface area contributed by atoms with Crippen LogP contribution in [0.15, 0.2) is 36.7 Å². The summed E-state index contributed by atoms with van der Waals surface area (Å²) in [5.41, 5.74) is 6.54. The minimum Gasteiger partial charge on any atom is -0.496 e. The summed E-state index contributed by atoms with van der Waals surface area (Å²) in [5.74, 6) is 3.25. The second-order valence-corrected chi connectivity index (χ2v) is 19.1. The number of likely N-dealkylation sites (N-methyl/N-ethyl adjacent to an activating group) is 1. The first kappa shape index (κ1) is 50.6. The van der Waals surface area contributed by atoms with Crippen LogP contribution in [0.5, 0.6) is 5.75 Å². The summed E-state index contributed by atoms with van der Waals surface area (Å²) in [6.07, 6.45) is 13.2. The molecule has 0 bridgehead atoms. The van der Waals surface area contributed by atoms with Gasteiger partial charge < -0.3 is 43.9 Å². The molecule has 5 aliphatic rings. The van der Waals surface area contributed by atoms with Gasteiger partial charge >= 0.3 is 0 Å². The molecule has 1 atom stereocenters. The Morgan fingerprint density at radius 1 is 0.825 bits per heavy atom. The lowest BCUT2D eigenvalue weighted by atomic mass is 9.95. The molecule has 0 spiro atoms. The highest BCUT2D eigenvalue weighted by molar-refractivity contribution is 6.01. The molecular formula is C51H88N10O2. The van der Waals surface area contributed by atoms with E-state index >= 15 is 0 Å². The van der Waals surface area contributed by atoms with Crippen molar-refractivity contribution in [1.82, 2.24) is 39.2 Å². The van der Waals surface area contributed by atoms with Crippen LogP contribution in [0.1, 0.15) is 101 Å². The second-order valence-electron chi connectivity index (χ2n) is 19.1. The van der Waals surface area contributed by atoms with Gasteiger partial charge in [0, 0.05) is 121 Å². The van der Waals surface area contributed by atoms with Crippen molar-refractivity contribution in [2.24, 2.45) is 17.8 Å². The van der Waals surface area contributed by atoms with Crippen LogP contribution < -0.4 is 19.9 Å². The predicted octanol–water partition coefficient (Wildman–Crippen LogP) is 7.30. The van der Waals surface area contributed by atoms with Crippen molar-refractivity contribution in [3.8, 4) is 5.75 Å². The maximum absolute atomic E-state index is 12.0. The summed E-state index contributed by atoms with van der Waals surface area (Å²) in [7, 11) is 8.32. The number of carbonyl (C=O) groups is 1. The summed E-state index contributed by atoms with van der Waals surface area (Å²) in [6.45, 7) is 32.7. The van der Waals surface area contributed by atoms with Gasteiger partial charge in [-0.2, -0.15) is 0 Å². The summed E-state index contributed by atoms with van der Waals surface area (Å²) >= 11 is 0. The molecule has 5 aliphatic heterocycles. The first-order chi connectivity index (χ1) is 30.5. The van der Waals surface area contributed by atoms with Crippen LogP contribution >= 0.6 is 0 Å². The maximum Gasteiger partial charge on any atom is 0.255 e. The number of hydrogen-bond acceptors (Lipinski definition) is 10. The highest BCUT2D eigenvalue weighted by Gasteiger charge is 2.28. The second kappa shape index (κ2) is 25.9. The number of rotatable bonds is 13. The molecular weight excluding hydrogens is 785 g/mol. The number of likely N-dealkylation sites (tertiary alicyclic amines) is 1. The number of aromatic nitrogens is 2. The van der Waals surface area contributed by atoms with E-state index in [0.717, 1.165) is 55.1 Å². The Hall–Kier alpha value is -3.42. The molecule has 0 radical (unpaired) electrons. The van der Waals surface area contributed by atoms with Gasteiger partial charge in [0.15, 0.2) is 5.65 Å².